The number of ether oxygens (including phenoxy) is 1. The van der Waals surface area contributed by atoms with Crippen molar-refractivity contribution in [3.05, 3.63) is 35.9 Å². The standard InChI is InChI=1S/C16H25NO3S/c1-16(2,3)20-15(19)17(14(11-18)12-21-4)10-13-8-6-5-7-9-13/h5-9,14,18H,10-12H2,1-4H3. The van der Waals surface area contributed by atoms with Gasteiger partial charge >= 0.3 is 6.09 Å². The zero-order valence-corrected chi connectivity index (χ0v) is 14.0. The summed E-state index contributed by atoms with van der Waals surface area (Å²) in [5.41, 5.74) is 0.466. The third-order valence-electron chi connectivity index (χ3n) is 2.83. The van der Waals surface area contributed by atoms with Crippen molar-refractivity contribution in [1.82, 2.24) is 4.90 Å². The van der Waals surface area contributed by atoms with Crippen LogP contribution in [0.3, 0.4) is 0 Å². The van der Waals surface area contributed by atoms with Gasteiger partial charge in [-0.15, -0.1) is 0 Å². The summed E-state index contributed by atoms with van der Waals surface area (Å²) in [4.78, 5) is 14.0. The minimum absolute atomic E-state index is 0.0765. The lowest BCUT2D eigenvalue weighted by atomic mass is 10.2. The van der Waals surface area contributed by atoms with Gasteiger partial charge in [0.2, 0.25) is 0 Å². The Bertz CT molecular complexity index is 431. The van der Waals surface area contributed by atoms with Crippen molar-refractivity contribution < 1.29 is 14.6 Å². The molecule has 1 unspecified atom stereocenters. The number of thioether (sulfide) groups is 1. The summed E-state index contributed by atoms with van der Waals surface area (Å²) in [7, 11) is 0. The van der Waals surface area contributed by atoms with Gasteiger partial charge in [0, 0.05) is 12.3 Å². The van der Waals surface area contributed by atoms with E-state index in [2.05, 4.69) is 0 Å². The van der Waals surface area contributed by atoms with Gasteiger partial charge < -0.3 is 9.84 Å². The van der Waals surface area contributed by atoms with Gasteiger partial charge in [-0.1, -0.05) is 30.3 Å². The molecule has 1 N–H and O–H groups in total. The number of rotatable bonds is 6. The maximum absolute atomic E-state index is 12.4. The molecule has 0 heterocycles. The van der Waals surface area contributed by atoms with Gasteiger partial charge in [-0.05, 0) is 32.6 Å². The van der Waals surface area contributed by atoms with Gasteiger partial charge in [0.25, 0.3) is 0 Å². The summed E-state index contributed by atoms with van der Waals surface area (Å²) in [6.07, 6.45) is 1.57. The van der Waals surface area contributed by atoms with Crippen molar-refractivity contribution in [2.24, 2.45) is 0 Å². The number of carbonyl (C=O) groups is 1. The highest BCUT2D eigenvalue weighted by Gasteiger charge is 2.27. The summed E-state index contributed by atoms with van der Waals surface area (Å²) in [5.74, 6) is 0.669. The van der Waals surface area contributed by atoms with E-state index in [0.29, 0.717) is 12.3 Å². The lowest BCUT2D eigenvalue weighted by molar-refractivity contribution is 0.00997. The van der Waals surface area contributed by atoms with Crippen molar-refractivity contribution in [3.63, 3.8) is 0 Å². The highest BCUT2D eigenvalue weighted by atomic mass is 32.2. The van der Waals surface area contributed by atoms with Crippen LogP contribution < -0.4 is 0 Å². The Labute approximate surface area is 131 Å². The number of nitrogens with zero attached hydrogens (tertiary/aromatic N) is 1. The van der Waals surface area contributed by atoms with Crippen LogP contribution in [0.15, 0.2) is 30.3 Å². The Kier molecular flexibility index (Phi) is 7.05. The highest BCUT2D eigenvalue weighted by molar-refractivity contribution is 7.98. The summed E-state index contributed by atoms with van der Waals surface area (Å²) in [6, 6.07) is 9.48. The van der Waals surface area contributed by atoms with Crippen LogP contribution in [-0.2, 0) is 11.3 Å². The molecular weight excluding hydrogens is 286 g/mol. The van der Waals surface area contributed by atoms with Crippen molar-refractivity contribution in [2.45, 2.75) is 39.0 Å². The minimum atomic E-state index is -0.550. The zero-order valence-electron chi connectivity index (χ0n) is 13.2. The largest absolute Gasteiger partial charge is 0.444 e. The number of hydrogen-bond donors (Lipinski definition) is 1. The topological polar surface area (TPSA) is 49.8 Å². The highest BCUT2D eigenvalue weighted by Crippen LogP contribution is 2.17. The van der Waals surface area contributed by atoms with Crippen molar-refractivity contribution in [2.75, 3.05) is 18.6 Å². The SMILES string of the molecule is CSCC(CO)N(Cc1ccccc1)C(=O)OC(C)(C)C. The molecule has 0 radical (unpaired) electrons. The lowest BCUT2D eigenvalue weighted by Gasteiger charge is -2.32. The number of hydrogen-bond acceptors (Lipinski definition) is 4. The predicted molar refractivity (Wildman–Crippen MR) is 87.5 cm³/mol. The first-order valence-electron chi connectivity index (χ1n) is 7.00. The number of aliphatic hydroxyl groups is 1. The molecule has 0 aromatic heterocycles. The Morgan fingerprint density at radius 1 is 1.33 bits per heavy atom. The van der Waals surface area contributed by atoms with Crippen molar-refractivity contribution in [3.8, 4) is 0 Å². The molecule has 0 aliphatic heterocycles. The molecule has 5 heteroatoms. The Hall–Kier alpha value is -1.20. The average Bonchev–Trinajstić information content (AvgIpc) is 2.42. The van der Waals surface area contributed by atoms with E-state index in [0.717, 1.165) is 5.56 Å². The maximum Gasteiger partial charge on any atom is 0.410 e. The molecule has 118 valence electrons. The second-order valence-corrected chi connectivity index (χ2v) is 6.80. The van der Waals surface area contributed by atoms with Crippen LogP contribution in [-0.4, -0.2) is 46.4 Å². The molecule has 21 heavy (non-hydrogen) atoms. The number of carbonyl (C=O) groups excluding carboxylic acids is 1. The smallest absolute Gasteiger partial charge is 0.410 e. The van der Waals surface area contributed by atoms with E-state index in [4.69, 9.17) is 4.74 Å². The van der Waals surface area contributed by atoms with Crippen LogP contribution in [0.2, 0.25) is 0 Å². The molecule has 1 amide bonds. The molecule has 1 rings (SSSR count). The third-order valence-corrected chi connectivity index (χ3v) is 3.55. The molecule has 0 aliphatic rings. The zero-order chi connectivity index (χ0) is 15.9. The van der Waals surface area contributed by atoms with E-state index in [-0.39, 0.29) is 18.7 Å². The number of amides is 1. The first-order valence-corrected chi connectivity index (χ1v) is 8.40. The molecule has 1 aromatic carbocycles. The van der Waals surface area contributed by atoms with E-state index in [9.17, 15) is 9.90 Å². The molecular formula is C16H25NO3S. The normalized spacial score (nSPS) is 12.8. The molecule has 1 aromatic rings. The summed E-state index contributed by atoms with van der Waals surface area (Å²) < 4.78 is 5.47. The molecule has 1 atom stereocenters. The second kappa shape index (κ2) is 8.29. The average molecular weight is 311 g/mol. The maximum atomic E-state index is 12.4. The molecule has 0 saturated heterocycles. The fourth-order valence-electron chi connectivity index (χ4n) is 1.88. The molecule has 0 bridgehead atoms. The van der Waals surface area contributed by atoms with Gasteiger partial charge in [-0.25, -0.2) is 4.79 Å². The summed E-state index contributed by atoms with van der Waals surface area (Å²) in [5, 5.41) is 9.59. The fourth-order valence-corrected chi connectivity index (χ4v) is 2.55. The quantitative estimate of drug-likeness (QED) is 0.877. The Morgan fingerprint density at radius 2 is 1.95 bits per heavy atom. The molecule has 4 nitrogen and oxygen atoms in total. The van der Waals surface area contributed by atoms with Crippen LogP contribution in [0.5, 0.6) is 0 Å². The monoisotopic (exact) mass is 311 g/mol. The fraction of sp³-hybridized carbons (Fsp3) is 0.562. The number of aliphatic hydroxyl groups excluding tert-OH is 1. The van der Waals surface area contributed by atoms with E-state index in [1.165, 1.54) is 0 Å². The van der Waals surface area contributed by atoms with E-state index in [1.54, 1.807) is 16.7 Å². The molecule has 0 fully saturated rings. The summed E-state index contributed by atoms with van der Waals surface area (Å²) >= 11 is 1.60. The van der Waals surface area contributed by atoms with Crippen LogP contribution >= 0.6 is 11.8 Å². The van der Waals surface area contributed by atoms with Gasteiger partial charge in [-0.3, -0.25) is 4.90 Å². The first kappa shape index (κ1) is 17.9. The van der Waals surface area contributed by atoms with E-state index in [1.807, 2.05) is 57.4 Å². The van der Waals surface area contributed by atoms with Crippen LogP contribution in [0.4, 0.5) is 4.79 Å². The molecule has 0 aliphatic carbocycles. The summed E-state index contributed by atoms with van der Waals surface area (Å²) in [6.45, 7) is 5.88. The third kappa shape index (κ3) is 6.40. The van der Waals surface area contributed by atoms with Gasteiger partial charge in [0.05, 0.1) is 12.6 Å². The van der Waals surface area contributed by atoms with Gasteiger partial charge in [0.15, 0.2) is 0 Å². The Balaban J connectivity index is 2.90. The number of benzene rings is 1. The van der Waals surface area contributed by atoms with E-state index < -0.39 is 5.60 Å². The predicted octanol–water partition coefficient (Wildman–Crippen LogP) is 3.15. The van der Waals surface area contributed by atoms with Crippen molar-refractivity contribution >= 4 is 17.9 Å². The van der Waals surface area contributed by atoms with Crippen molar-refractivity contribution in [1.29, 1.82) is 0 Å². The second-order valence-electron chi connectivity index (χ2n) is 5.89. The molecule has 0 saturated carbocycles. The van der Waals surface area contributed by atoms with E-state index >= 15 is 0 Å². The van der Waals surface area contributed by atoms with Gasteiger partial charge in [-0.2, -0.15) is 11.8 Å². The molecule has 0 spiro atoms. The Morgan fingerprint density at radius 3 is 2.43 bits per heavy atom. The first-order chi connectivity index (χ1) is 9.87. The lowest BCUT2D eigenvalue weighted by Crippen LogP contribution is -2.45. The van der Waals surface area contributed by atoms with Crippen LogP contribution in [0.25, 0.3) is 0 Å². The minimum Gasteiger partial charge on any atom is -0.444 e. The van der Waals surface area contributed by atoms with Gasteiger partial charge in [0.1, 0.15) is 5.60 Å². The van der Waals surface area contributed by atoms with Crippen LogP contribution in [0, 0.1) is 0 Å². The van der Waals surface area contributed by atoms with Crippen LogP contribution in [0.1, 0.15) is 26.3 Å².